The van der Waals surface area contributed by atoms with E-state index >= 15 is 0 Å². The van der Waals surface area contributed by atoms with Gasteiger partial charge in [-0.3, -0.25) is 4.79 Å². The van der Waals surface area contributed by atoms with Gasteiger partial charge in [-0.05, 0) is 17.7 Å². The quantitative estimate of drug-likeness (QED) is 0.834. The van der Waals surface area contributed by atoms with Crippen molar-refractivity contribution >= 4 is 5.91 Å². The summed E-state index contributed by atoms with van der Waals surface area (Å²) in [7, 11) is 0. The highest BCUT2D eigenvalue weighted by atomic mass is 19.1. The number of ether oxygens (including phenoxy) is 1. The van der Waals surface area contributed by atoms with E-state index in [0.717, 1.165) is 12.1 Å². The van der Waals surface area contributed by atoms with E-state index in [1.54, 1.807) is 12.1 Å². The molecule has 5 heteroatoms. The van der Waals surface area contributed by atoms with Crippen LogP contribution in [0.3, 0.4) is 0 Å². The van der Waals surface area contributed by atoms with E-state index in [0.29, 0.717) is 26.1 Å². The Labute approximate surface area is 106 Å². The lowest BCUT2D eigenvalue weighted by Gasteiger charge is -2.23. The molecule has 1 unspecified atom stereocenters. The standard InChI is InChI=1S/C13H17FN2O2/c14-11-3-1-10(2-4-11)8-16-13(17)7-12-9-15-5-6-18-12/h1-4,12,15H,5-9H2,(H,16,17). The van der Waals surface area contributed by atoms with Gasteiger partial charge >= 0.3 is 0 Å². The Morgan fingerprint density at radius 2 is 2.22 bits per heavy atom. The molecule has 0 bridgehead atoms. The van der Waals surface area contributed by atoms with Crippen molar-refractivity contribution in [3.8, 4) is 0 Å². The molecule has 1 aliphatic rings. The first-order valence-corrected chi connectivity index (χ1v) is 6.07. The summed E-state index contributed by atoms with van der Waals surface area (Å²) in [5, 5.41) is 5.97. The van der Waals surface area contributed by atoms with Gasteiger partial charge in [0.25, 0.3) is 0 Å². The zero-order valence-electron chi connectivity index (χ0n) is 10.1. The third-order valence-electron chi connectivity index (χ3n) is 2.82. The van der Waals surface area contributed by atoms with Crippen molar-refractivity contribution in [2.45, 2.75) is 19.1 Å². The van der Waals surface area contributed by atoms with Crippen LogP contribution in [0.1, 0.15) is 12.0 Å². The van der Waals surface area contributed by atoms with Gasteiger partial charge in [0.1, 0.15) is 5.82 Å². The minimum atomic E-state index is -0.272. The summed E-state index contributed by atoms with van der Waals surface area (Å²) in [6, 6.07) is 6.09. The highest BCUT2D eigenvalue weighted by molar-refractivity contribution is 5.76. The molecule has 1 aromatic rings. The van der Waals surface area contributed by atoms with Gasteiger partial charge < -0.3 is 15.4 Å². The van der Waals surface area contributed by atoms with Crippen LogP contribution >= 0.6 is 0 Å². The molecule has 0 spiro atoms. The molecule has 0 aliphatic carbocycles. The van der Waals surface area contributed by atoms with Crippen molar-refractivity contribution in [3.63, 3.8) is 0 Å². The van der Waals surface area contributed by atoms with Crippen LogP contribution in [0.25, 0.3) is 0 Å². The van der Waals surface area contributed by atoms with Crippen LogP contribution in [0.5, 0.6) is 0 Å². The molecule has 1 aromatic carbocycles. The number of hydrogen-bond donors (Lipinski definition) is 2. The molecule has 18 heavy (non-hydrogen) atoms. The summed E-state index contributed by atoms with van der Waals surface area (Å²) >= 11 is 0. The SMILES string of the molecule is O=C(CC1CNCCO1)NCc1ccc(F)cc1. The van der Waals surface area contributed by atoms with Gasteiger partial charge in [0.2, 0.25) is 5.91 Å². The molecule has 1 fully saturated rings. The Morgan fingerprint density at radius 1 is 1.44 bits per heavy atom. The predicted molar refractivity (Wildman–Crippen MR) is 65.5 cm³/mol. The van der Waals surface area contributed by atoms with Crippen molar-refractivity contribution in [1.82, 2.24) is 10.6 Å². The maximum absolute atomic E-state index is 12.7. The first kappa shape index (κ1) is 13.0. The minimum absolute atomic E-state index is 0.0481. The van der Waals surface area contributed by atoms with Gasteiger partial charge in [0.15, 0.2) is 0 Å². The van der Waals surface area contributed by atoms with Crippen LogP contribution < -0.4 is 10.6 Å². The summed E-state index contributed by atoms with van der Waals surface area (Å²) in [5.74, 6) is -0.320. The van der Waals surface area contributed by atoms with E-state index in [4.69, 9.17) is 4.74 Å². The number of carbonyl (C=O) groups excluding carboxylic acids is 1. The Hall–Kier alpha value is -1.46. The van der Waals surface area contributed by atoms with E-state index in [9.17, 15) is 9.18 Å². The lowest BCUT2D eigenvalue weighted by Crippen LogP contribution is -2.41. The molecule has 1 atom stereocenters. The molecular formula is C13H17FN2O2. The highest BCUT2D eigenvalue weighted by Crippen LogP contribution is 2.04. The molecule has 2 rings (SSSR count). The molecule has 2 N–H and O–H groups in total. The van der Waals surface area contributed by atoms with Crippen LogP contribution in [0.15, 0.2) is 24.3 Å². The van der Waals surface area contributed by atoms with Crippen LogP contribution in [0.2, 0.25) is 0 Å². The fourth-order valence-corrected chi connectivity index (χ4v) is 1.83. The molecule has 98 valence electrons. The monoisotopic (exact) mass is 252 g/mol. The molecule has 1 heterocycles. The topological polar surface area (TPSA) is 50.4 Å². The van der Waals surface area contributed by atoms with Gasteiger partial charge in [0, 0.05) is 19.6 Å². The summed E-state index contributed by atoms with van der Waals surface area (Å²) in [6.45, 7) is 2.62. The van der Waals surface area contributed by atoms with Crippen LogP contribution in [-0.2, 0) is 16.1 Å². The second-order valence-electron chi connectivity index (χ2n) is 4.30. The molecule has 1 saturated heterocycles. The van der Waals surface area contributed by atoms with Gasteiger partial charge in [-0.2, -0.15) is 0 Å². The first-order valence-electron chi connectivity index (χ1n) is 6.07. The fraction of sp³-hybridized carbons (Fsp3) is 0.462. The largest absolute Gasteiger partial charge is 0.375 e. The van der Waals surface area contributed by atoms with E-state index in [1.165, 1.54) is 12.1 Å². The Balaban J connectivity index is 1.72. The normalized spacial score (nSPS) is 19.5. The number of morpholine rings is 1. The highest BCUT2D eigenvalue weighted by Gasteiger charge is 2.16. The zero-order valence-corrected chi connectivity index (χ0v) is 10.1. The number of halogens is 1. The number of amides is 1. The number of carbonyl (C=O) groups is 1. The number of rotatable bonds is 4. The van der Waals surface area contributed by atoms with Crippen LogP contribution in [0, 0.1) is 5.82 Å². The van der Waals surface area contributed by atoms with Gasteiger partial charge in [0.05, 0.1) is 19.1 Å². The molecule has 1 aliphatic heterocycles. The third-order valence-corrected chi connectivity index (χ3v) is 2.82. The Kier molecular flexibility index (Phi) is 4.66. The van der Waals surface area contributed by atoms with Gasteiger partial charge in [-0.1, -0.05) is 12.1 Å². The summed E-state index contributed by atoms with van der Waals surface area (Å²) in [6.07, 6.45) is 0.306. The van der Waals surface area contributed by atoms with E-state index in [1.807, 2.05) is 0 Å². The summed E-state index contributed by atoms with van der Waals surface area (Å²) < 4.78 is 18.1. The summed E-state index contributed by atoms with van der Waals surface area (Å²) in [5.41, 5.74) is 0.882. The van der Waals surface area contributed by atoms with E-state index in [2.05, 4.69) is 10.6 Å². The van der Waals surface area contributed by atoms with Crippen molar-refractivity contribution < 1.29 is 13.9 Å². The van der Waals surface area contributed by atoms with Crippen molar-refractivity contribution in [2.24, 2.45) is 0 Å². The van der Waals surface area contributed by atoms with Crippen molar-refractivity contribution in [1.29, 1.82) is 0 Å². The molecule has 1 amide bonds. The molecular weight excluding hydrogens is 235 g/mol. The second kappa shape index (κ2) is 6.47. The zero-order chi connectivity index (χ0) is 12.8. The lowest BCUT2D eigenvalue weighted by atomic mass is 10.2. The van der Waals surface area contributed by atoms with Crippen molar-refractivity contribution in [2.75, 3.05) is 19.7 Å². The minimum Gasteiger partial charge on any atom is -0.375 e. The predicted octanol–water partition coefficient (Wildman–Crippen LogP) is 0.820. The summed E-state index contributed by atoms with van der Waals surface area (Å²) in [4.78, 5) is 11.7. The first-order chi connectivity index (χ1) is 8.74. The van der Waals surface area contributed by atoms with Gasteiger partial charge in [-0.25, -0.2) is 4.39 Å². The molecule has 0 aromatic heterocycles. The fourth-order valence-electron chi connectivity index (χ4n) is 1.83. The van der Waals surface area contributed by atoms with Crippen LogP contribution in [0.4, 0.5) is 4.39 Å². The maximum Gasteiger partial charge on any atom is 0.222 e. The van der Waals surface area contributed by atoms with Gasteiger partial charge in [-0.15, -0.1) is 0 Å². The number of benzene rings is 1. The second-order valence-corrected chi connectivity index (χ2v) is 4.30. The molecule has 0 saturated carbocycles. The third kappa shape index (κ3) is 4.09. The smallest absolute Gasteiger partial charge is 0.222 e. The maximum atomic E-state index is 12.7. The average molecular weight is 252 g/mol. The number of nitrogens with one attached hydrogen (secondary N) is 2. The van der Waals surface area contributed by atoms with E-state index < -0.39 is 0 Å². The van der Waals surface area contributed by atoms with Crippen molar-refractivity contribution in [3.05, 3.63) is 35.6 Å². The Morgan fingerprint density at radius 3 is 2.89 bits per heavy atom. The lowest BCUT2D eigenvalue weighted by molar-refractivity contribution is -0.124. The molecule has 0 radical (unpaired) electrons. The van der Waals surface area contributed by atoms with E-state index in [-0.39, 0.29) is 17.8 Å². The average Bonchev–Trinajstić information content (AvgIpc) is 2.39. The van der Waals surface area contributed by atoms with Crippen LogP contribution in [-0.4, -0.2) is 31.7 Å². The molecule has 4 nitrogen and oxygen atoms in total. The Bertz CT molecular complexity index is 388. The number of hydrogen-bond acceptors (Lipinski definition) is 3.